The van der Waals surface area contributed by atoms with Crippen LogP contribution in [-0.2, 0) is 11.2 Å². The monoisotopic (exact) mass is 285 g/mol. The molecule has 2 amide bonds. The molecular weight excluding hydrogens is 270 g/mol. The van der Waals surface area contributed by atoms with Crippen LogP contribution in [0, 0.1) is 6.92 Å². The SMILES string of the molecule is Cc1cnc(C(C)NC(=O)c2ccc3c(c2)CC(=O)N3)o1. The number of aryl methyl sites for hydroxylation is 1. The van der Waals surface area contributed by atoms with Crippen molar-refractivity contribution < 1.29 is 14.0 Å². The minimum atomic E-state index is -0.320. The molecule has 2 heterocycles. The van der Waals surface area contributed by atoms with Gasteiger partial charge in [0.05, 0.1) is 12.6 Å². The number of carbonyl (C=O) groups is 2. The van der Waals surface area contributed by atoms with E-state index in [4.69, 9.17) is 4.42 Å². The molecule has 6 nitrogen and oxygen atoms in total. The molecule has 0 radical (unpaired) electrons. The van der Waals surface area contributed by atoms with Gasteiger partial charge in [-0.2, -0.15) is 0 Å². The largest absolute Gasteiger partial charge is 0.444 e. The highest BCUT2D eigenvalue weighted by Gasteiger charge is 2.20. The zero-order chi connectivity index (χ0) is 15.0. The molecule has 6 heteroatoms. The van der Waals surface area contributed by atoms with E-state index >= 15 is 0 Å². The Morgan fingerprint density at radius 2 is 2.29 bits per heavy atom. The maximum Gasteiger partial charge on any atom is 0.251 e. The third-order valence-electron chi connectivity index (χ3n) is 3.35. The lowest BCUT2D eigenvalue weighted by Crippen LogP contribution is -2.26. The van der Waals surface area contributed by atoms with Gasteiger partial charge in [0, 0.05) is 11.3 Å². The van der Waals surface area contributed by atoms with E-state index in [-0.39, 0.29) is 17.9 Å². The van der Waals surface area contributed by atoms with Crippen LogP contribution in [0.4, 0.5) is 5.69 Å². The molecule has 21 heavy (non-hydrogen) atoms. The lowest BCUT2D eigenvalue weighted by molar-refractivity contribution is -0.115. The van der Waals surface area contributed by atoms with Crippen LogP contribution in [0.2, 0.25) is 0 Å². The summed E-state index contributed by atoms with van der Waals surface area (Å²) >= 11 is 0. The minimum Gasteiger partial charge on any atom is -0.444 e. The van der Waals surface area contributed by atoms with Crippen LogP contribution >= 0.6 is 0 Å². The van der Waals surface area contributed by atoms with Gasteiger partial charge in [-0.05, 0) is 37.6 Å². The summed E-state index contributed by atoms with van der Waals surface area (Å²) in [5.74, 6) is 0.902. The molecule has 3 rings (SSSR count). The second kappa shape index (κ2) is 5.05. The molecular formula is C15H15N3O3. The van der Waals surface area contributed by atoms with Gasteiger partial charge in [-0.3, -0.25) is 9.59 Å². The maximum absolute atomic E-state index is 12.2. The number of hydrogen-bond donors (Lipinski definition) is 2. The number of nitrogens with one attached hydrogen (secondary N) is 2. The lowest BCUT2D eigenvalue weighted by atomic mass is 10.1. The van der Waals surface area contributed by atoms with Crippen LogP contribution in [0.25, 0.3) is 0 Å². The van der Waals surface area contributed by atoms with E-state index in [0.29, 0.717) is 23.6 Å². The van der Waals surface area contributed by atoms with Crippen molar-refractivity contribution in [2.45, 2.75) is 26.3 Å². The molecule has 1 aliphatic heterocycles. The van der Waals surface area contributed by atoms with E-state index in [9.17, 15) is 9.59 Å². The van der Waals surface area contributed by atoms with Gasteiger partial charge in [-0.25, -0.2) is 4.98 Å². The van der Waals surface area contributed by atoms with Crippen molar-refractivity contribution in [3.8, 4) is 0 Å². The number of oxazole rings is 1. The van der Waals surface area contributed by atoms with Gasteiger partial charge < -0.3 is 15.1 Å². The Bertz CT molecular complexity index is 721. The number of rotatable bonds is 3. The summed E-state index contributed by atoms with van der Waals surface area (Å²) in [4.78, 5) is 27.6. The first kappa shape index (κ1) is 13.4. The van der Waals surface area contributed by atoms with Gasteiger partial charge in [0.25, 0.3) is 5.91 Å². The summed E-state index contributed by atoms with van der Waals surface area (Å²) in [6, 6.07) is 4.85. The summed E-state index contributed by atoms with van der Waals surface area (Å²) < 4.78 is 5.39. The summed E-state index contributed by atoms with van der Waals surface area (Å²) in [6.45, 7) is 3.61. The predicted octanol–water partition coefficient (Wildman–Crippen LogP) is 1.97. The maximum atomic E-state index is 12.2. The van der Waals surface area contributed by atoms with Crippen molar-refractivity contribution in [1.82, 2.24) is 10.3 Å². The number of fused-ring (bicyclic) bond motifs is 1. The molecule has 1 aromatic carbocycles. The Morgan fingerprint density at radius 1 is 1.48 bits per heavy atom. The third kappa shape index (κ3) is 2.65. The van der Waals surface area contributed by atoms with E-state index < -0.39 is 0 Å². The first-order valence-electron chi connectivity index (χ1n) is 6.69. The standard InChI is InChI=1S/C15H15N3O3/c1-8-7-16-15(21-8)9(2)17-14(20)10-3-4-12-11(5-10)6-13(19)18-12/h3-5,7,9H,6H2,1-2H3,(H,17,20)(H,18,19). The zero-order valence-corrected chi connectivity index (χ0v) is 11.8. The fourth-order valence-electron chi connectivity index (χ4n) is 2.28. The molecule has 2 N–H and O–H groups in total. The highest BCUT2D eigenvalue weighted by atomic mass is 16.4. The van der Waals surface area contributed by atoms with E-state index in [2.05, 4.69) is 15.6 Å². The number of aromatic nitrogens is 1. The summed E-state index contributed by atoms with van der Waals surface area (Å²) in [5.41, 5.74) is 2.13. The molecule has 0 saturated carbocycles. The highest BCUT2D eigenvalue weighted by molar-refractivity contribution is 6.01. The third-order valence-corrected chi connectivity index (χ3v) is 3.35. The number of hydrogen-bond acceptors (Lipinski definition) is 4. The van der Waals surface area contributed by atoms with Gasteiger partial charge in [0.15, 0.2) is 0 Å². The quantitative estimate of drug-likeness (QED) is 0.903. The number of amides is 2. The summed E-state index contributed by atoms with van der Waals surface area (Å²) in [5, 5.41) is 5.56. The van der Waals surface area contributed by atoms with Gasteiger partial charge >= 0.3 is 0 Å². The van der Waals surface area contributed by atoms with Gasteiger partial charge in [-0.1, -0.05) is 0 Å². The Kier molecular flexibility index (Phi) is 3.21. The Labute approximate surface area is 121 Å². The first-order valence-corrected chi connectivity index (χ1v) is 6.69. The second-order valence-corrected chi connectivity index (χ2v) is 5.10. The highest BCUT2D eigenvalue weighted by Crippen LogP contribution is 2.24. The van der Waals surface area contributed by atoms with Crippen molar-refractivity contribution in [2.75, 3.05) is 5.32 Å². The van der Waals surface area contributed by atoms with Crippen molar-refractivity contribution >= 4 is 17.5 Å². The van der Waals surface area contributed by atoms with Crippen LogP contribution in [-0.4, -0.2) is 16.8 Å². The molecule has 0 bridgehead atoms. The average molecular weight is 285 g/mol. The van der Waals surface area contributed by atoms with Crippen LogP contribution in [0.3, 0.4) is 0 Å². The van der Waals surface area contributed by atoms with E-state index in [1.807, 2.05) is 6.92 Å². The molecule has 108 valence electrons. The lowest BCUT2D eigenvalue weighted by Gasteiger charge is -2.11. The Hall–Kier alpha value is -2.63. The molecule has 1 atom stereocenters. The van der Waals surface area contributed by atoms with Crippen molar-refractivity contribution in [1.29, 1.82) is 0 Å². The zero-order valence-electron chi connectivity index (χ0n) is 11.8. The summed E-state index contributed by atoms with van der Waals surface area (Å²) in [7, 11) is 0. The predicted molar refractivity (Wildman–Crippen MR) is 75.9 cm³/mol. The normalized spacial score (nSPS) is 14.5. The number of carbonyl (C=O) groups excluding carboxylic acids is 2. The molecule has 2 aromatic rings. The van der Waals surface area contributed by atoms with Gasteiger partial charge in [0.1, 0.15) is 11.8 Å². The van der Waals surface area contributed by atoms with Gasteiger partial charge in [-0.15, -0.1) is 0 Å². The van der Waals surface area contributed by atoms with E-state index in [1.165, 1.54) is 0 Å². The summed E-state index contributed by atoms with van der Waals surface area (Å²) in [6.07, 6.45) is 1.93. The average Bonchev–Trinajstić information content (AvgIpc) is 3.02. The molecule has 1 aliphatic rings. The minimum absolute atomic E-state index is 0.0498. The van der Waals surface area contributed by atoms with Crippen LogP contribution in [0.1, 0.15) is 40.5 Å². The molecule has 0 aliphatic carbocycles. The number of anilines is 1. The number of nitrogens with zero attached hydrogens (tertiary/aromatic N) is 1. The topological polar surface area (TPSA) is 84.2 Å². The second-order valence-electron chi connectivity index (χ2n) is 5.10. The molecule has 0 fully saturated rings. The smallest absolute Gasteiger partial charge is 0.251 e. The van der Waals surface area contributed by atoms with Crippen LogP contribution < -0.4 is 10.6 Å². The van der Waals surface area contributed by atoms with Crippen LogP contribution in [0.15, 0.2) is 28.8 Å². The fraction of sp³-hybridized carbons (Fsp3) is 0.267. The molecule has 0 saturated heterocycles. The van der Waals surface area contributed by atoms with Crippen molar-refractivity contribution in [2.24, 2.45) is 0 Å². The van der Waals surface area contributed by atoms with Crippen molar-refractivity contribution in [3.05, 3.63) is 47.2 Å². The van der Waals surface area contributed by atoms with Crippen molar-refractivity contribution in [3.63, 3.8) is 0 Å². The van der Waals surface area contributed by atoms with E-state index in [1.54, 1.807) is 31.3 Å². The fourth-order valence-corrected chi connectivity index (χ4v) is 2.28. The molecule has 0 spiro atoms. The van der Waals surface area contributed by atoms with E-state index in [0.717, 1.165) is 11.3 Å². The van der Waals surface area contributed by atoms with Crippen LogP contribution in [0.5, 0.6) is 0 Å². The first-order chi connectivity index (χ1) is 10.0. The van der Waals surface area contributed by atoms with Gasteiger partial charge in [0.2, 0.25) is 11.8 Å². The number of benzene rings is 1. The Balaban J connectivity index is 1.74. The molecule has 1 aromatic heterocycles. The Morgan fingerprint density at radius 3 is 3.00 bits per heavy atom. The molecule has 1 unspecified atom stereocenters.